The molecule has 0 unspecified atom stereocenters. The molecule has 0 saturated carbocycles. The Balaban J connectivity index is 0.000000206. The molecule has 44 heavy (non-hydrogen) atoms. The predicted molar refractivity (Wildman–Crippen MR) is 173 cm³/mol. The summed E-state index contributed by atoms with van der Waals surface area (Å²) >= 11 is 12.6. The van der Waals surface area contributed by atoms with Crippen LogP contribution in [0.25, 0.3) is 0 Å². The van der Waals surface area contributed by atoms with E-state index in [1.165, 1.54) is 0 Å². The van der Waals surface area contributed by atoms with Crippen molar-refractivity contribution in [2.45, 2.75) is 77.5 Å². The number of carbonyl (C=O) groups is 1. The Morgan fingerprint density at radius 3 is 1.82 bits per heavy atom. The second kappa shape index (κ2) is 13.1. The highest BCUT2D eigenvalue weighted by molar-refractivity contribution is 6.65. The van der Waals surface area contributed by atoms with E-state index in [9.17, 15) is 4.79 Å². The van der Waals surface area contributed by atoms with Crippen molar-refractivity contribution in [3.8, 4) is 11.5 Å². The fourth-order valence-corrected chi connectivity index (χ4v) is 5.85. The molecule has 0 aliphatic carbocycles. The molecule has 2 aromatic rings. The largest absolute Gasteiger partial charge is 0.499 e. The molecule has 0 spiro atoms. The molecule has 0 radical (unpaired) electrons. The van der Waals surface area contributed by atoms with Gasteiger partial charge in [0.05, 0.1) is 23.4 Å². The number of amides is 1. The monoisotopic (exact) mass is 670 g/mol. The fraction of sp³-hybridized carbons (Fsp3) is 0.552. The van der Waals surface area contributed by atoms with Gasteiger partial charge in [0.2, 0.25) is 0 Å². The van der Waals surface area contributed by atoms with Crippen molar-refractivity contribution in [1.29, 1.82) is 0 Å². The van der Waals surface area contributed by atoms with Gasteiger partial charge in [-0.25, -0.2) is 4.79 Å². The normalized spacial score (nSPS) is 22.0. The summed E-state index contributed by atoms with van der Waals surface area (Å²) < 4.78 is 40.8. The smallest absolute Gasteiger partial charge is 0.491 e. The lowest BCUT2D eigenvalue weighted by Gasteiger charge is -2.25. The minimum Gasteiger partial charge on any atom is -0.491 e. The zero-order valence-corrected chi connectivity index (χ0v) is 28.3. The van der Waals surface area contributed by atoms with Crippen LogP contribution >= 0.6 is 35.6 Å². The zero-order chi connectivity index (χ0) is 31.3. The second-order valence-electron chi connectivity index (χ2n) is 13.1. The molecular weight excluding hydrogens is 632 g/mol. The number of halogens is 3. The van der Waals surface area contributed by atoms with E-state index < -0.39 is 43.2 Å². The maximum Gasteiger partial charge on any atom is 0.499 e. The first-order valence-corrected chi connectivity index (χ1v) is 15.1. The highest BCUT2D eigenvalue weighted by Gasteiger charge is 2.47. The molecule has 2 atom stereocenters. The molecule has 0 bridgehead atoms. The quantitative estimate of drug-likeness (QED) is 0.455. The highest BCUT2D eigenvalue weighted by atomic mass is 35.5. The molecule has 4 heterocycles. The summed E-state index contributed by atoms with van der Waals surface area (Å²) in [5, 5.41) is 3.94. The first kappa shape index (κ1) is 35.0. The summed E-state index contributed by atoms with van der Waals surface area (Å²) in [6.07, 6.45) is -1.16. The van der Waals surface area contributed by atoms with Gasteiger partial charge in [-0.1, -0.05) is 23.2 Å². The maximum absolute atomic E-state index is 11.9. The number of nitrogens with two attached hydrogens (primary N) is 1. The summed E-state index contributed by atoms with van der Waals surface area (Å²) in [5.41, 5.74) is 7.65. The van der Waals surface area contributed by atoms with Crippen molar-refractivity contribution in [2.24, 2.45) is 5.73 Å². The number of ether oxygens (including phenoxy) is 3. The van der Waals surface area contributed by atoms with Gasteiger partial charge in [-0.2, -0.15) is 0 Å². The molecule has 0 aromatic heterocycles. The number of nitrogens with one attached hydrogen (secondary N) is 1. The number of hydrogen-bond acceptors (Lipinski definition) is 9. The number of rotatable bonds is 3. The lowest BCUT2D eigenvalue weighted by atomic mass is 9.77. The average molecular weight is 672 g/mol. The Hall–Kier alpha value is -1.89. The molecule has 0 fully saturated rings. The van der Waals surface area contributed by atoms with Gasteiger partial charge in [0.15, 0.2) is 0 Å². The minimum absolute atomic E-state index is 0. The van der Waals surface area contributed by atoms with Crippen LogP contribution in [-0.2, 0) is 23.4 Å². The lowest BCUT2D eigenvalue weighted by Crippen LogP contribution is -2.41. The maximum atomic E-state index is 11.9. The first-order chi connectivity index (χ1) is 20.1. The van der Waals surface area contributed by atoms with Gasteiger partial charge in [0, 0.05) is 45.2 Å². The molecule has 4 aliphatic rings. The van der Waals surface area contributed by atoms with Crippen molar-refractivity contribution in [1.82, 2.24) is 5.32 Å². The van der Waals surface area contributed by atoms with E-state index in [2.05, 4.69) is 5.32 Å². The fourth-order valence-electron chi connectivity index (χ4n) is 5.28. The van der Waals surface area contributed by atoms with Crippen molar-refractivity contribution >= 4 is 66.9 Å². The topological polar surface area (TPSA) is 120 Å². The average Bonchev–Trinajstić information content (AvgIpc) is 3.37. The predicted octanol–water partition coefficient (Wildman–Crippen LogP) is 4.49. The van der Waals surface area contributed by atoms with Crippen LogP contribution in [0.15, 0.2) is 24.3 Å². The van der Waals surface area contributed by atoms with Crippen LogP contribution in [0.3, 0.4) is 0 Å². The Morgan fingerprint density at radius 2 is 1.36 bits per heavy atom. The standard InChI is InChI=1S/C17H23BClNO5.C12H15BClNO3.ClH/c1-16(2,3)23-15(21)20-8-12-13-10(19)6-7-11-14(13)18(24-12)25-17(4,5)9-22-11;1-12(2)6-16-8-4-3-7(14)10-9(5-15)17-13(18-12)11(8)10;/h6-7,12H,8-9H2,1-5H3,(H,20,21);3-4,9H,5-6,15H2,1-2H3;1H/t12-;9-;/m11./s1. The zero-order valence-electron chi connectivity index (χ0n) is 26.0. The number of alkyl carbamates (subject to hydrolysis) is 1. The lowest BCUT2D eigenvalue weighted by molar-refractivity contribution is 0.0250. The van der Waals surface area contributed by atoms with Gasteiger partial charge in [-0.3, -0.25) is 0 Å². The Kier molecular flexibility index (Phi) is 10.4. The summed E-state index contributed by atoms with van der Waals surface area (Å²) in [7, 11) is -1.02. The van der Waals surface area contributed by atoms with Crippen LogP contribution in [0.2, 0.25) is 10.0 Å². The van der Waals surface area contributed by atoms with E-state index in [1.807, 2.05) is 66.7 Å². The number of carbonyl (C=O) groups excluding carboxylic acids is 1. The molecule has 3 N–H and O–H groups in total. The molecule has 0 saturated heterocycles. The Labute approximate surface area is 275 Å². The van der Waals surface area contributed by atoms with Crippen LogP contribution in [0.4, 0.5) is 4.79 Å². The first-order valence-electron chi connectivity index (χ1n) is 14.3. The van der Waals surface area contributed by atoms with E-state index in [-0.39, 0.29) is 25.1 Å². The van der Waals surface area contributed by atoms with Gasteiger partial charge in [-0.15, -0.1) is 12.4 Å². The van der Waals surface area contributed by atoms with Gasteiger partial charge >= 0.3 is 20.3 Å². The van der Waals surface area contributed by atoms with Crippen molar-refractivity contribution in [3.05, 3.63) is 45.4 Å². The highest BCUT2D eigenvalue weighted by Crippen LogP contribution is 2.38. The van der Waals surface area contributed by atoms with Crippen LogP contribution in [0.1, 0.15) is 71.8 Å². The van der Waals surface area contributed by atoms with Gasteiger partial charge < -0.3 is 43.9 Å². The third-order valence-corrected chi connectivity index (χ3v) is 7.79. The van der Waals surface area contributed by atoms with Crippen LogP contribution in [-0.4, -0.2) is 63.4 Å². The summed E-state index contributed by atoms with van der Waals surface area (Å²) in [4.78, 5) is 11.9. The van der Waals surface area contributed by atoms with E-state index in [0.29, 0.717) is 35.6 Å². The SMILES string of the molecule is CC(C)(C)OC(=O)NC[C@H]1OB2OC(C)(C)COc3ccc(Cl)c1c32.CC1(C)COc2ccc(Cl)c3c2B(O[C@@H]3CN)O1.Cl. The van der Waals surface area contributed by atoms with Crippen LogP contribution in [0, 0.1) is 0 Å². The van der Waals surface area contributed by atoms with E-state index >= 15 is 0 Å². The van der Waals surface area contributed by atoms with E-state index in [4.69, 9.17) is 61.8 Å². The van der Waals surface area contributed by atoms with E-state index in [0.717, 1.165) is 27.8 Å². The number of benzene rings is 2. The second-order valence-corrected chi connectivity index (χ2v) is 13.9. The Bertz CT molecular complexity index is 1390. The van der Waals surface area contributed by atoms with Crippen molar-refractivity contribution in [2.75, 3.05) is 26.3 Å². The summed E-state index contributed by atoms with van der Waals surface area (Å²) in [6.45, 7) is 14.8. The molecule has 6 rings (SSSR count). The Morgan fingerprint density at radius 1 is 0.909 bits per heavy atom. The number of hydrogen-bond donors (Lipinski definition) is 2. The molecule has 15 heteroatoms. The summed E-state index contributed by atoms with van der Waals surface area (Å²) in [6, 6.07) is 7.29. The summed E-state index contributed by atoms with van der Waals surface area (Å²) in [5.74, 6) is 1.48. The minimum atomic E-state index is -0.577. The molecule has 10 nitrogen and oxygen atoms in total. The van der Waals surface area contributed by atoms with Crippen molar-refractivity contribution in [3.63, 3.8) is 0 Å². The van der Waals surface area contributed by atoms with E-state index in [1.54, 1.807) is 6.07 Å². The van der Waals surface area contributed by atoms with Crippen LogP contribution in [0.5, 0.6) is 11.5 Å². The molecule has 4 aliphatic heterocycles. The molecule has 240 valence electrons. The third kappa shape index (κ3) is 7.56. The van der Waals surface area contributed by atoms with Gasteiger partial charge in [0.1, 0.15) is 30.3 Å². The molecular formula is C29H39B2Cl3N2O8. The van der Waals surface area contributed by atoms with Crippen molar-refractivity contribution < 1.29 is 37.6 Å². The van der Waals surface area contributed by atoms with Gasteiger partial charge in [-0.05, 0) is 72.7 Å². The third-order valence-electron chi connectivity index (χ3n) is 7.13. The molecule has 1 amide bonds. The van der Waals surface area contributed by atoms with Crippen LogP contribution < -0.4 is 31.4 Å². The molecule has 2 aromatic carbocycles. The van der Waals surface area contributed by atoms with Gasteiger partial charge in [0.25, 0.3) is 0 Å².